The number of amidine groups is 1. The Morgan fingerprint density at radius 2 is 1.79 bits per heavy atom. The fourth-order valence-electron chi connectivity index (χ4n) is 4.90. The fourth-order valence-corrected chi connectivity index (χ4v) is 4.90. The highest BCUT2D eigenvalue weighted by Gasteiger charge is 2.26. The van der Waals surface area contributed by atoms with Crippen molar-refractivity contribution in [3.8, 4) is 0 Å². The second-order valence-corrected chi connectivity index (χ2v) is 9.09. The van der Waals surface area contributed by atoms with E-state index in [4.69, 9.17) is 5.73 Å². The zero-order valence-corrected chi connectivity index (χ0v) is 19.6. The summed E-state index contributed by atoms with van der Waals surface area (Å²) in [6, 6.07) is 14.0. The second-order valence-electron chi connectivity index (χ2n) is 9.09. The van der Waals surface area contributed by atoms with Crippen LogP contribution in [-0.4, -0.2) is 35.5 Å². The van der Waals surface area contributed by atoms with Crippen molar-refractivity contribution in [2.45, 2.75) is 52.4 Å². The molecular formula is C28H33N3O2. The van der Waals surface area contributed by atoms with Crippen molar-refractivity contribution in [2.75, 3.05) is 13.1 Å². The highest BCUT2D eigenvalue weighted by molar-refractivity contribution is 6.06. The maximum absolute atomic E-state index is 13.3. The van der Waals surface area contributed by atoms with Crippen LogP contribution in [0.4, 0.5) is 5.69 Å². The number of amides is 1. The van der Waals surface area contributed by atoms with E-state index < -0.39 is 0 Å². The molecule has 1 heterocycles. The Labute approximate surface area is 196 Å². The molecule has 2 aromatic carbocycles. The summed E-state index contributed by atoms with van der Waals surface area (Å²) >= 11 is 0. The highest BCUT2D eigenvalue weighted by atomic mass is 16.2. The van der Waals surface area contributed by atoms with Gasteiger partial charge in [0.15, 0.2) is 5.78 Å². The molecule has 1 aliphatic heterocycles. The van der Waals surface area contributed by atoms with Gasteiger partial charge in [0, 0.05) is 42.1 Å². The van der Waals surface area contributed by atoms with Crippen molar-refractivity contribution in [2.24, 2.45) is 16.6 Å². The molecule has 1 atom stereocenters. The number of ketones is 1. The molecule has 2 aliphatic rings. The van der Waals surface area contributed by atoms with Gasteiger partial charge in [-0.15, -0.1) is 0 Å². The van der Waals surface area contributed by atoms with Crippen LogP contribution in [0, 0.1) is 5.92 Å². The van der Waals surface area contributed by atoms with Gasteiger partial charge in [-0.25, -0.2) is 4.99 Å². The summed E-state index contributed by atoms with van der Waals surface area (Å²) in [5.74, 6) is 0.556. The average Bonchev–Trinajstić information content (AvgIpc) is 3.00. The molecule has 33 heavy (non-hydrogen) atoms. The predicted molar refractivity (Wildman–Crippen MR) is 134 cm³/mol. The first-order valence-electron chi connectivity index (χ1n) is 12.1. The number of carbonyl (C=O) groups excluding carboxylic acids is 2. The molecule has 0 saturated carbocycles. The second kappa shape index (κ2) is 10.2. The standard InChI is InChI=1S/C28H33N3O2/c1-3-13-31(14-4-2)28(33)24-16-21-10-12-23(17-25(21)30-26(29)18-24)27(32)22-11-9-19-7-5-6-8-20(19)15-22/h5-8,10,12,16-17,22H,3-4,9,11,13-15,18H2,1-2H3,(H2,29,30). The van der Waals surface area contributed by atoms with Crippen molar-refractivity contribution in [1.29, 1.82) is 0 Å². The zero-order chi connectivity index (χ0) is 23.4. The third-order valence-corrected chi connectivity index (χ3v) is 6.55. The molecule has 1 unspecified atom stereocenters. The molecule has 0 radical (unpaired) electrons. The van der Waals surface area contributed by atoms with Crippen molar-refractivity contribution < 1.29 is 9.59 Å². The van der Waals surface area contributed by atoms with Crippen LogP contribution < -0.4 is 5.73 Å². The predicted octanol–water partition coefficient (Wildman–Crippen LogP) is 5.10. The minimum absolute atomic E-state index is 0.0191. The Hall–Kier alpha value is -3.21. The number of aryl methyl sites for hydroxylation is 1. The maximum Gasteiger partial charge on any atom is 0.250 e. The number of hydrogen-bond acceptors (Lipinski definition) is 4. The molecule has 0 spiro atoms. The molecule has 0 saturated heterocycles. The molecule has 2 N–H and O–H groups in total. The van der Waals surface area contributed by atoms with Gasteiger partial charge in [-0.2, -0.15) is 0 Å². The van der Waals surface area contributed by atoms with E-state index in [2.05, 4.69) is 37.0 Å². The van der Waals surface area contributed by atoms with Crippen LogP contribution in [0.1, 0.15) is 66.6 Å². The molecule has 5 heteroatoms. The van der Waals surface area contributed by atoms with E-state index in [9.17, 15) is 9.59 Å². The molecule has 2 aromatic rings. The monoisotopic (exact) mass is 443 g/mol. The Kier molecular flexibility index (Phi) is 7.07. The normalized spacial score (nSPS) is 17.2. The van der Waals surface area contributed by atoms with Crippen LogP contribution in [0.25, 0.3) is 6.08 Å². The van der Waals surface area contributed by atoms with E-state index in [1.807, 2.05) is 35.2 Å². The summed E-state index contributed by atoms with van der Waals surface area (Å²) in [5, 5.41) is 0. The largest absolute Gasteiger partial charge is 0.387 e. The number of nitrogens with two attached hydrogens (primary N) is 1. The number of benzene rings is 2. The first kappa shape index (κ1) is 23.0. The van der Waals surface area contributed by atoms with Gasteiger partial charge < -0.3 is 10.6 Å². The van der Waals surface area contributed by atoms with Crippen LogP contribution in [0.15, 0.2) is 53.0 Å². The average molecular weight is 444 g/mol. The van der Waals surface area contributed by atoms with Gasteiger partial charge in [0.2, 0.25) is 5.91 Å². The number of rotatable bonds is 7. The van der Waals surface area contributed by atoms with Gasteiger partial charge in [0.25, 0.3) is 0 Å². The molecule has 5 nitrogen and oxygen atoms in total. The summed E-state index contributed by atoms with van der Waals surface area (Å²) < 4.78 is 0. The lowest BCUT2D eigenvalue weighted by Crippen LogP contribution is -2.34. The summed E-state index contributed by atoms with van der Waals surface area (Å²) in [6.07, 6.45) is 6.61. The first-order chi connectivity index (χ1) is 16.0. The third kappa shape index (κ3) is 5.08. The number of aliphatic imine (C=N–C) groups is 1. The van der Waals surface area contributed by atoms with E-state index in [0.717, 1.165) is 50.8 Å². The molecule has 0 bridgehead atoms. The molecule has 0 fully saturated rings. The molecule has 0 aromatic heterocycles. The van der Waals surface area contributed by atoms with Crippen molar-refractivity contribution >= 4 is 29.3 Å². The van der Waals surface area contributed by atoms with Gasteiger partial charge in [-0.3, -0.25) is 9.59 Å². The summed E-state index contributed by atoms with van der Waals surface area (Å²) in [5.41, 5.74) is 11.6. The van der Waals surface area contributed by atoms with Crippen LogP contribution in [0.5, 0.6) is 0 Å². The smallest absolute Gasteiger partial charge is 0.250 e. The Morgan fingerprint density at radius 1 is 1.06 bits per heavy atom. The van der Waals surface area contributed by atoms with Crippen molar-refractivity contribution in [3.63, 3.8) is 0 Å². The minimum Gasteiger partial charge on any atom is -0.387 e. The SMILES string of the molecule is CCCN(CCC)C(=O)C1=Cc2ccc(C(=O)C3CCc4ccccc4C3)cc2N=C(N)C1. The van der Waals surface area contributed by atoms with Crippen molar-refractivity contribution in [1.82, 2.24) is 4.90 Å². The Balaban J connectivity index is 1.59. The number of carbonyl (C=O) groups is 2. The van der Waals surface area contributed by atoms with Crippen LogP contribution in [0.3, 0.4) is 0 Å². The van der Waals surface area contributed by atoms with Crippen molar-refractivity contribution in [3.05, 3.63) is 70.3 Å². The number of fused-ring (bicyclic) bond motifs is 2. The summed E-state index contributed by atoms with van der Waals surface area (Å²) in [4.78, 5) is 32.9. The van der Waals surface area contributed by atoms with Crippen LogP contribution in [0.2, 0.25) is 0 Å². The molecule has 4 rings (SSSR count). The molecular weight excluding hydrogens is 410 g/mol. The maximum atomic E-state index is 13.3. The Bertz CT molecular complexity index is 1110. The first-order valence-corrected chi connectivity index (χ1v) is 12.1. The Morgan fingerprint density at radius 3 is 2.52 bits per heavy atom. The lowest BCUT2D eigenvalue weighted by atomic mass is 9.80. The van der Waals surface area contributed by atoms with Gasteiger partial charge in [0.05, 0.1) is 5.69 Å². The quantitative estimate of drug-likeness (QED) is 0.605. The van der Waals surface area contributed by atoms with Gasteiger partial charge >= 0.3 is 0 Å². The van der Waals surface area contributed by atoms with E-state index >= 15 is 0 Å². The van der Waals surface area contributed by atoms with Gasteiger partial charge in [-0.05, 0) is 55.4 Å². The van der Waals surface area contributed by atoms with Gasteiger partial charge in [-0.1, -0.05) is 50.2 Å². The fraction of sp³-hybridized carbons (Fsp3) is 0.393. The summed E-state index contributed by atoms with van der Waals surface area (Å²) in [7, 11) is 0. The van der Waals surface area contributed by atoms with E-state index in [-0.39, 0.29) is 17.6 Å². The zero-order valence-electron chi connectivity index (χ0n) is 19.6. The van der Waals surface area contributed by atoms with Crippen LogP contribution >= 0.6 is 0 Å². The van der Waals surface area contributed by atoms with E-state index in [0.29, 0.717) is 29.1 Å². The molecule has 1 amide bonds. The highest BCUT2D eigenvalue weighted by Crippen LogP contribution is 2.32. The summed E-state index contributed by atoms with van der Waals surface area (Å²) in [6.45, 7) is 5.61. The van der Waals surface area contributed by atoms with Crippen LogP contribution in [-0.2, 0) is 17.6 Å². The van der Waals surface area contributed by atoms with E-state index in [1.54, 1.807) is 0 Å². The number of Topliss-reactive ketones (excluding diaryl/α,β-unsaturated/α-hetero) is 1. The van der Waals surface area contributed by atoms with E-state index in [1.165, 1.54) is 11.1 Å². The molecule has 1 aliphatic carbocycles. The third-order valence-electron chi connectivity index (χ3n) is 6.55. The minimum atomic E-state index is -0.0191. The molecule has 172 valence electrons. The topological polar surface area (TPSA) is 75.8 Å². The lowest BCUT2D eigenvalue weighted by Gasteiger charge is -2.23. The van der Waals surface area contributed by atoms with Gasteiger partial charge in [0.1, 0.15) is 5.84 Å². The lowest BCUT2D eigenvalue weighted by molar-refractivity contribution is -0.127. The number of hydrogen-bond donors (Lipinski definition) is 1. The number of nitrogens with zero attached hydrogens (tertiary/aromatic N) is 2.